The third-order valence-corrected chi connectivity index (χ3v) is 1.82. The molecule has 1 unspecified atom stereocenters. The van der Waals surface area contributed by atoms with Crippen LogP contribution < -0.4 is 5.32 Å². The fourth-order valence-corrected chi connectivity index (χ4v) is 1.05. The molecule has 0 aromatic heterocycles. The summed E-state index contributed by atoms with van der Waals surface area (Å²) in [5, 5.41) is 10.5. The van der Waals surface area contributed by atoms with E-state index in [4.69, 9.17) is 5.11 Å². The maximum atomic E-state index is 11.9. The van der Waals surface area contributed by atoms with Gasteiger partial charge in [0.25, 0.3) is 5.91 Å². The molecule has 0 radical (unpaired) electrons. The summed E-state index contributed by atoms with van der Waals surface area (Å²) in [6, 6.07) is 0. The molecule has 0 spiro atoms. The highest BCUT2D eigenvalue weighted by molar-refractivity contribution is 5.87. The van der Waals surface area contributed by atoms with Crippen LogP contribution >= 0.6 is 0 Å². The fraction of sp³-hybridized carbons (Fsp3) is 0.750. The van der Waals surface area contributed by atoms with Crippen molar-refractivity contribution in [3.8, 4) is 0 Å². The molecule has 14 heavy (non-hydrogen) atoms. The Bertz CT molecular complexity index is 233. The van der Waals surface area contributed by atoms with Gasteiger partial charge in [-0.15, -0.1) is 0 Å². The van der Waals surface area contributed by atoms with Crippen LogP contribution in [-0.4, -0.2) is 28.9 Å². The van der Waals surface area contributed by atoms with Gasteiger partial charge in [-0.25, -0.2) is 4.79 Å². The molecule has 0 aliphatic rings. The average molecular weight is 209 g/mol. The summed E-state index contributed by atoms with van der Waals surface area (Å²) in [4.78, 5) is 21.3. The van der Waals surface area contributed by atoms with Gasteiger partial charge in [0.15, 0.2) is 0 Å². The van der Waals surface area contributed by atoms with E-state index in [-0.39, 0.29) is 6.42 Å². The predicted octanol–water partition coefficient (Wildman–Crippen LogP) is 1.01. The van der Waals surface area contributed by atoms with Gasteiger partial charge in [-0.05, 0) is 13.3 Å². The van der Waals surface area contributed by atoms with E-state index in [1.54, 1.807) is 12.2 Å². The third-order valence-electron chi connectivity index (χ3n) is 1.82. The molecular weight excluding hydrogens is 196 g/mol. The van der Waals surface area contributed by atoms with Crippen LogP contribution in [0.15, 0.2) is 0 Å². The van der Waals surface area contributed by atoms with Crippen LogP contribution in [0.4, 0.5) is 8.78 Å². The van der Waals surface area contributed by atoms with Crippen molar-refractivity contribution >= 4 is 11.9 Å². The first-order valence-corrected chi connectivity index (χ1v) is 4.17. The Morgan fingerprint density at radius 1 is 1.50 bits per heavy atom. The van der Waals surface area contributed by atoms with E-state index in [9.17, 15) is 18.4 Å². The first-order valence-electron chi connectivity index (χ1n) is 4.17. The number of rotatable bonds is 5. The largest absolute Gasteiger partial charge is 0.480 e. The number of alkyl halides is 2. The van der Waals surface area contributed by atoms with Crippen molar-refractivity contribution in [2.45, 2.75) is 38.7 Å². The summed E-state index contributed by atoms with van der Waals surface area (Å²) < 4.78 is 23.7. The molecule has 0 aliphatic carbocycles. The van der Waals surface area contributed by atoms with E-state index in [1.807, 2.05) is 0 Å². The predicted molar refractivity (Wildman–Crippen MR) is 45.1 cm³/mol. The number of hydrogen-bond acceptors (Lipinski definition) is 2. The number of carboxylic acid groups (broad SMARTS) is 1. The summed E-state index contributed by atoms with van der Waals surface area (Å²) in [5.41, 5.74) is -1.61. The van der Waals surface area contributed by atoms with Crippen molar-refractivity contribution in [3.63, 3.8) is 0 Å². The number of amides is 1. The summed E-state index contributed by atoms with van der Waals surface area (Å²) in [7, 11) is 0. The van der Waals surface area contributed by atoms with Gasteiger partial charge in [-0.3, -0.25) is 4.79 Å². The lowest BCUT2D eigenvalue weighted by Crippen LogP contribution is -2.53. The molecule has 1 atom stereocenters. The zero-order valence-electron chi connectivity index (χ0n) is 8.01. The molecule has 0 fully saturated rings. The van der Waals surface area contributed by atoms with Crippen molar-refractivity contribution in [2.24, 2.45) is 0 Å². The van der Waals surface area contributed by atoms with Gasteiger partial charge in [0, 0.05) is 0 Å². The number of hydrogen-bond donors (Lipinski definition) is 2. The highest BCUT2D eigenvalue weighted by Crippen LogP contribution is 2.13. The summed E-state index contributed by atoms with van der Waals surface area (Å²) in [6.07, 6.45) is -2.60. The lowest BCUT2D eigenvalue weighted by Gasteiger charge is -2.25. The van der Waals surface area contributed by atoms with E-state index in [2.05, 4.69) is 0 Å². The summed E-state index contributed by atoms with van der Waals surface area (Å²) >= 11 is 0. The molecule has 0 heterocycles. The van der Waals surface area contributed by atoms with Crippen LogP contribution in [0.3, 0.4) is 0 Å². The van der Waals surface area contributed by atoms with Gasteiger partial charge in [0.2, 0.25) is 0 Å². The molecule has 0 aromatic rings. The molecule has 0 saturated heterocycles. The number of halogens is 2. The molecular formula is C8H13F2NO3. The molecule has 0 rings (SSSR count). The van der Waals surface area contributed by atoms with Crippen LogP contribution in [-0.2, 0) is 9.59 Å². The van der Waals surface area contributed by atoms with Crippen LogP contribution in [0.1, 0.15) is 26.7 Å². The SMILES string of the molecule is CCCC(C)(NC(=O)C(F)F)C(=O)O. The Kier molecular flexibility index (Phi) is 4.46. The normalized spacial score (nSPS) is 14.9. The van der Waals surface area contributed by atoms with E-state index in [0.717, 1.165) is 0 Å². The fourth-order valence-electron chi connectivity index (χ4n) is 1.05. The summed E-state index contributed by atoms with van der Waals surface area (Å²) in [5.74, 6) is -2.86. The van der Waals surface area contributed by atoms with Gasteiger partial charge in [-0.2, -0.15) is 8.78 Å². The van der Waals surface area contributed by atoms with Crippen LogP contribution in [0.5, 0.6) is 0 Å². The smallest absolute Gasteiger partial charge is 0.329 e. The van der Waals surface area contributed by atoms with Crippen molar-refractivity contribution in [1.82, 2.24) is 5.32 Å². The first kappa shape index (κ1) is 12.8. The van der Waals surface area contributed by atoms with Crippen molar-refractivity contribution < 1.29 is 23.5 Å². The number of aliphatic carboxylic acids is 1. The maximum absolute atomic E-state index is 11.9. The molecule has 82 valence electrons. The topological polar surface area (TPSA) is 66.4 Å². The number of carbonyl (C=O) groups excluding carboxylic acids is 1. The van der Waals surface area contributed by atoms with Crippen molar-refractivity contribution in [2.75, 3.05) is 0 Å². The monoisotopic (exact) mass is 209 g/mol. The molecule has 1 amide bonds. The Morgan fingerprint density at radius 3 is 2.29 bits per heavy atom. The molecule has 4 nitrogen and oxygen atoms in total. The van der Waals surface area contributed by atoms with E-state index in [0.29, 0.717) is 6.42 Å². The molecule has 0 aromatic carbocycles. The Morgan fingerprint density at radius 2 is 2.00 bits per heavy atom. The van der Waals surface area contributed by atoms with Gasteiger partial charge in [0.05, 0.1) is 0 Å². The van der Waals surface area contributed by atoms with E-state index >= 15 is 0 Å². The van der Waals surface area contributed by atoms with Gasteiger partial charge in [0.1, 0.15) is 5.54 Å². The minimum Gasteiger partial charge on any atom is -0.480 e. The molecule has 0 bridgehead atoms. The number of nitrogens with one attached hydrogen (secondary N) is 1. The zero-order chi connectivity index (χ0) is 11.4. The highest BCUT2D eigenvalue weighted by atomic mass is 19.3. The molecule has 0 saturated carbocycles. The highest BCUT2D eigenvalue weighted by Gasteiger charge is 2.35. The van der Waals surface area contributed by atoms with Crippen LogP contribution in [0.25, 0.3) is 0 Å². The van der Waals surface area contributed by atoms with Gasteiger partial charge < -0.3 is 10.4 Å². The standard InChI is InChI=1S/C8H13F2NO3/c1-3-4-8(2,7(13)14)11-6(12)5(9)10/h5H,3-4H2,1-2H3,(H,11,12)(H,13,14). The van der Waals surface area contributed by atoms with Gasteiger partial charge >= 0.3 is 12.4 Å². The van der Waals surface area contributed by atoms with Crippen molar-refractivity contribution in [1.29, 1.82) is 0 Å². The molecule has 6 heteroatoms. The summed E-state index contributed by atoms with van der Waals surface area (Å²) in [6.45, 7) is 2.91. The minimum absolute atomic E-state index is 0.112. The zero-order valence-corrected chi connectivity index (χ0v) is 8.01. The Labute approximate surface area is 80.3 Å². The van der Waals surface area contributed by atoms with Gasteiger partial charge in [-0.1, -0.05) is 13.3 Å². The number of carboxylic acids is 1. The second-order valence-corrected chi connectivity index (χ2v) is 3.18. The van der Waals surface area contributed by atoms with E-state index < -0.39 is 23.8 Å². The average Bonchev–Trinajstić information content (AvgIpc) is 2.03. The second kappa shape index (κ2) is 4.88. The van der Waals surface area contributed by atoms with E-state index in [1.165, 1.54) is 6.92 Å². The lowest BCUT2D eigenvalue weighted by atomic mass is 9.96. The Balaban J connectivity index is 4.52. The molecule has 2 N–H and O–H groups in total. The minimum atomic E-state index is -3.19. The second-order valence-electron chi connectivity index (χ2n) is 3.18. The molecule has 0 aliphatic heterocycles. The van der Waals surface area contributed by atoms with Crippen molar-refractivity contribution in [3.05, 3.63) is 0 Å². The van der Waals surface area contributed by atoms with Crippen LogP contribution in [0.2, 0.25) is 0 Å². The van der Waals surface area contributed by atoms with Crippen LogP contribution in [0, 0.1) is 0 Å². The third kappa shape index (κ3) is 3.27. The first-order chi connectivity index (χ1) is 6.33. The maximum Gasteiger partial charge on any atom is 0.329 e. The lowest BCUT2D eigenvalue weighted by molar-refractivity contribution is -0.149. The number of carbonyl (C=O) groups is 2. The quantitative estimate of drug-likeness (QED) is 0.710. The Hall–Kier alpha value is -1.20.